The Morgan fingerprint density at radius 1 is 1.37 bits per heavy atom. The standard InChI is InChI=1S/C21H34N4O2S.2ClH/c1-2-3-19-24-17(14-28-19)13-23-20(26)21-6-4-18(25-8-10-27-11-9-25)12-16(21)5-7-22-15-21;;/h14,16,18,22H,2-13,15H2,1H3,(H,23,26);2*1H/t16-,18-,21-;;/m1../s1. The van der Waals surface area contributed by atoms with E-state index in [1.807, 2.05) is 0 Å². The number of rotatable bonds is 6. The third-order valence-electron chi connectivity index (χ3n) is 6.88. The van der Waals surface area contributed by atoms with Gasteiger partial charge in [-0.1, -0.05) is 6.92 Å². The lowest BCUT2D eigenvalue weighted by molar-refractivity contribution is -0.140. The molecule has 0 unspecified atom stereocenters. The predicted octanol–water partition coefficient (Wildman–Crippen LogP) is 3.04. The molecule has 1 amide bonds. The zero-order valence-electron chi connectivity index (χ0n) is 17.9. The van der Waals surface area contributed by atoms with Crippen molar-refractivity contribution in [3.63, 3.8) is 0 Å². The molecular weight excluding hydrogens is 443 g/mol. The summed E-state index contributed by atoms with van der Waals surface area (Å²) in [6.07, 6.45) is 6.48. The second-order valence-electron chi connectivity index (χ2n) is 8.56. The fourth-order valence-electron chi connectivity index (χ4n) is 5.27. The highest BCUT2D eigenvalue weighted by atomic mass is 35.5. The zero-order chi connectivity index (χ0) is 19.4. The molecule has 1 saturated carbocycles. The van der Waals surface area contributed by atoms with Crippen LogP contribution in [0.25, 0.3) is 0 Å². The molecule has 9 heteroatoms. The molecule has 6 nitrogen and oxygen atoms in total. The lowest BCUT2D eigenvalue weighted by Crippen LogP contribution is -2.60. The number of aryl methyl sites for hydroxylation is 1. The third-order valence-corrected chi connectivity index (χ3v) is 7.84. The maximum Gasteiger partial charge on any atom is 0.228 e. The molecule has 2 N–H and O–H groups in total. The third kappa shape index (κ3) is 5.67. The minimum absolute atomic E-state index is 0. The van der Waals surface area contributed by atoms with E-state index in [0.29, 0.717) is 18.5 Å². The Hall–Kier alpha value is -0.440. The summed E-state index contributed by atoms with van der Waals surface area (Å²) in [7, 11) is 0. The van der Waals surface area contributed by atoms with Crippen molar-refractivity contribution in [2.75, 3.05) is 39.4 Å². The van der Waals surface area contributed by atoms with Gasteiger partial charge in [0.15, 0.2) is 0 Å². The number of nitrogens with one attached hydrogen (secondary N) is 2. The van der Waals surface area contributed by atoms with Crippen molar-refractivity contribution in [2.45, 2.75) is 58.0 Å². The van der Waals surface area contributed by atoms with Crippen LogP contribution in [0.4, 0.5) is 0 Å². The van der Waals surface area contributed by atoms with Crippen LogP contribution in [-0.4, -0.2) is 61.2 Å². The van der Waals surface area contributed by atoms with Crippen LogP contribution in [0.15, 0.2) is 5.38 Å². The van der Waals surface area contributed by atoms with Crippen molar-refractivity contribution in [1.82, 2.24) is 20.5 Å². The van der Waals surface area contributed by atoms with E-state index >= 15 is 0 Å². The maximum absolute atomic E-state index is 13.3. The van der Waals surface area contributed by atoms with Gasteiger partial charge in [0.05, 0.1) is 35.9 Å². The molecular formula is C21H36Cl2N4O2S. The fourth-order valence-corrected chi connectivity index (χ4v) is 6.17. The highest BCUT2D eigenvalue weighted by Crippen LogP contribution is 2.46. The molecule has 1 aromatic rings. The van der Waals surface area contributed by atoms with Gasteiger partial charge >= 0.3 is 0 Å². The van der Waals surface area contributed by atoms with Gasteiger partial charge in [-0.25, -0.2) is 4.98 Å². The van der Waals surface area contributed by atoms with E-state index in [2.05, 4.69) is 32.8 Å². The monoisotopic (exact) mass is 478 g/mol. The van der Waals surface area contributed by atoms with Crippen molar-refractivity contribution in [3.05, 3.63) is 16.1 Å². The first-order valence-corrected chi connectivity index (χ1v) is 11.8. The number of carbonyl (C=O) groups excluding carboxylic acids is 1. The molecule has 3 aliphatic rings. The fraction of sp³-hybridized carbons (Fsp3) is 0.810. The minimum Gasteiger partial charge on any atom is -0.379 e. The summed E-state index contributed by atoms with van der Waals surface area (Å²) >= 11 is 1.71. The predicted molar refractivity (Wildman–Crippen MR) is 126 cm³/mol. The largest absolute Gasteiger partial charge is 0.379 e. The summed E-state index contributed by atoms with van der Waals surface area (Å²) in [5.41, 5.74) is 0.754. The van der Waals surface area contributed by atoms with Gasteiger partial charge in [-0.2, -0.15) is 0 Å². The number of piperidine rings is 1. The summed E-state index contributed by atoms with van der Waals surface area (Å²) in [6.45, 7) is 8.35. The van der Waals surface area contributed by atoms with Crippen molar-refractivity contribution in [1.29, 1.82) is 0 Å². The number of morpholine rings is 1. The Labute approximate surface area is 196 Å². The maximum atomic E-state index is 13.3. The summed E-state index contributed by atoms with van der Waals surface area (Å²) in [4.78, 5) is 20.6. The molecule has 2 saturated heterocycles. The van der Waals surface area contributed by atoms with Gasteiger partial charge in [-0.05, 0) is 51.0 Å². The number of hydrogen-bond acceptors (Lipinski definition) is 6. The van der Waals surface area contributed by atoms with E-state index in [1.165, 1.54) is 5.01 Å². The van der Waals surface area contributed by atoms with Gasteiger partial charge in [0.1, 0.15) is 0 Å². The normalized spacial score (nSPS) is 29.2. The van der Waals surface area contributed by atoms with Crippen LogP contribution in [0.2, 0.25) is 0 Å². The Morgan fingerprint density at radius 3 is 2.93 bits per heavy atom. The summed E-state index contributed by atoms with van der Waals surface area (Å²) in [5.74, 6) is 0.705. The molecule has 0 spiro atoms. The average molecular weight is 480 g/mol. The Morgan fingerprint density at radius 2 is 2.17 bits per heavy atom. The molecule has 3 heterocycles. The lowest BCUT2D eigenvalue weighted by atomic mass is 9.61. The summed E-state index contributed by atoms with van der Waals surface area (Å²) < 4.78 is 5.53. The molecule has 4 rings (SSSR count). The van der Waals surface area contributed by atoms with Crippen molar-refractivity contribution in [2.24, 2.45) is 11.3 Å². The number of thiazole rings is 1. The van der Waals surface area contributed by atoms with Crippen molar-refractivity contribution in [3.8, 4) is 0 Å². The molecule has 0 radical (unpaired) electrons. The highest BCUT2D eigenvalue weighted by Gasteiger charge is 2.50. The van der Waals surface area contributed by atoms with E-state index in [1.54, 1.807) is 11.3 Å². The Bertz CT molecular complexity index is 671. The quantitative estimate of drug-likeness (QED) is 0.657. The van der Waals surface area contributed by atoms with E-state index in [-0.39, 0.29) is 36.1 Å². The van der Waals surface area contributed by atoms with Gasteiger partial charge < -0.3 is 15.4 Å². The van der Waals surface area contributed by atoms with Crippen LogP contribution in [-0.2, 0) is 22.5 Å². The highest BCUT2D eigenvalue weighted by molar-refractivity contribution is 7.09. The molecule has 0 aromatic carbocycles. The van der Waals surface area contributed by atoms with Gasteiger partial charge in [-0.15, -0.1) is 36.2 Å². The lowest BCUT2D eigenvalue weighted by Gasteiger charge is -2.50. The van der Waals surface area contributed by atoms with E-state index in [9.17, 15) is 4.79 Å². The molecule has 1 aliphatic carbocycles. The van der Waals surface area contributed by atoms with Crippen LogP contribution in [0, 0.1) is 11.3 Å². The van der Waals surface area contributed by atoms with Gasteiger partial charge in [0.2, 0.25) is 5.91 Å². The number of nitrogens with zero attached hydrogens (tertiary/aromatic N) is 2. The van der Waals surface area contributed by atoms with E-state index < -0.39 is 0 Å². The number of amides is 1. The molecule has 172 valence electrons. The SMILES string of the molecule is CCCc1nc(CNC(=O)[C@@]23CC[C@@H](N4CCOCC4)C[C@H]2CCNC3)cs1.Cl.Cl. The summed E-state index contributed by atoms with van der Waals surface area (Å²) in [5, 5.41) is 10.0. The Balaban J connectivity index is 0.00000160. The number of carbonyl (C=O) groups is 1. The first kappa shape index (κ1) is 25.8. The summed E-state index contributed by atoms with van der Waals surface area (Å²) in [6, 6.07) is 0.614. The molecule has 30 heavy (non-hydrogen) atoms. The van der Waals surface area contributed by atoms with Gasteiger partial charge in [0.25, 0.3) is 0 Å². The molecule has 2 aliphatic heterocycles. The van der Waals surface area contributed by atoms with Crippen LogP contribution in [0.5, 0.6) is 0 Å². The topological polar surface area (TPSA) is 66.5 Å². The number of fused-ring (bicyclic) bond motifs is 1. The van der Waals surface area contributed by atoms with E-state index in [4.69, 9.17) is 4.74 Å². The van der Waals surface area contributed by atoms with E-state index in [0.717, 1.165) is 83.6 Å². The number of halogens is 2. The molecule has 1 aromatic heterocycles. The number of hydrogen-bond donors (Lipinski definition) is 2. The molecule has 3 atom stereocenters. The first-order valence-electron chi connectivity index (χ1n) is 11.0. The minimum atomic E-state index is -0.247. The second kappa shape index (κ2) is 12.0. The average Bonchev–Trinajstić information content (AvgIpc) is 3.20. The van der Waals surface area contributed by atoms with Crippen molar-refractivity contribution >= 4 is 42.1 Å². The van der Waals surface area contributed by atoms with Crippen molar-refractivity contribution < 1.29 is 9.53 Å². The number of aromatic nitrogens is 1. The smallest absolute Gasteiger partial charge is 0.228 e. The van der Waals surface area contributed by atoms with Crippen LogP contribution in [0.1, 0.15) is 49.7 Å². The Kier molecular flexibility index (Phi) is 10.3. The van der Waals surface area contributed by atoms with Gasteiger partial charge in [0, 0.05) is 31.1 Å². The first-order chi connectivity index (χ1) is 13.7. The zero-order valence-corrected chi connectivity index (χ0v) is 20.3. The van der Waals surface area contributed by atoms with Crippen LogP contribution < -0.4 is 10.6 Å². The van der Waals surface area contributed by atoms with Crippen LogP contribution >= 0.6 is 36.2 Å². The van der Waals surface area contributed by atoms with Gasteiger partial charge in [-0.3, -0.25) is 9.69 Å². The molecule has 0 bridgehead atoms. The second-order valence-corrected chi connectivity index (χ2v) is 9.50. The number of ether oxygens (including phenoxy) is 1. The van der Waals surface area contributed by atoms with Crippen LogP contribution in [0.3, 0.4) is 0 Å². The molecule has 3 fully saturated rings.